The Labute approximate surface area is 139 Å². The fraction of sp³-hybridized carbons (Fsp3) is 0.188. The SMILES string of the molecule is C=CN=C(C)SC(=N/C=C(/N)N1CCc2ccccc21)C(N)=O. The summed E-state index contributed by atoms with van der Waals surface area (Å²) in [5.41, 5.74) is 13.8. The molecule has 6 nitrogen and oxygen atoms in total. The molecule has 0 saturated carbocycles. The van der Waals surface area contributed by atoms with E-state index in [0.29, 0.717) is 10.9 Å². The molecule has 4 N–H and O–H groups in total. The lowest BCUT2D eigenvalue weighted by Crippen LogP contribution is -2.26. The minimum Gasteiger partial charge on any atom is -0.384 e. The van der Waals surface area contributed by atoms with E-state index in [1.165, 1.54) is 18.0 Å². The molecule has 0 fully saturated rings. The van der Waals surface area contributed by atoms with Crippen LogP contribution in [-0.2, 0) is 11.2 Å². The molecule has 0 atom stereocenters. The monoisotopic (exact) mass is 329 g/mol. The average molecular weight is 329 g/mol. The van der Waals surface area contributed by atoms with Crippen LogP contribution < -0.4 is 16.4 Å². The second-order valence-corrected chi connectivity index (χ2v) is 6.00. The molecule has 1 aromatic rings. The summed E-state index contributed by atoms with van der Waals surface area (Å²) in [4.78, 5) is 21.5. The fourth-order valence-electron chi connectivity index (χ4n) is 2.24. The van der Waals surface area contributed by atoms with Gasteiger partial charge < -0.3 is 16.4 Å². The Morgan fingerprint density at radius 2 is 2.09 bits per heavy atom. The lowest BCUT2D eigenvalue weighted by molar-refractivity contribution is -0.111. The number of amides is 1. The minimum atomic E-state index is -0.625. The van der Waals surface area contributed by atoms with Gasteiger partial charge in [-0.15, -0.1) is 0 Å². The van der Waals surface area contributed by atoms with Crippen LogP contribution in [0.3, 0.4) is 0 Å². The summed E-state index contributed by atoms with van der Waals surface area (Å²) >= 11 is 1.08. The third-order valence-corrected chi connectivity index (χ3v) is 4.14. The highest BCUT2D eigenvalue weighted by molar-refractivity contribution is 8.28. The van der Waals surface area contributed by atoms with E-state index < -0.39 is 5.91 Å². The third-order valence-electron chi connectivity index (χ3n) is 3.24. The molecule has 1 heterocycles. The van der Waals surface area contributed by atoms with E-state index in [-0.39, 0.29) is 5.04 Å². The first-order chi connectivity index (χ1) is 11.0. The first kappa shape index (κ1) is 16.8. The van der Waals surface area contributed by atoms with Crippen LogP contribution in [0.4, 0.5) is 5.69 Å². The highest BCUT2D eigenvalue weighted by Crippen LogP contribution is 2.29. The van der Waals surface area contributed by atoms with Gasteiger partial charge in [-0.3, -0.25) is 9.79 Å². The Morgan fingerprint density at radius 3 is 2.78 bits per heavy atom. The van der Waals surface area contributed by atoms with Gasteiger partial charge in [-0.1, -0.05) is 24.8 Å². The van der Waals surface area contributed by atoms with E-state index >= 15 is 0 Å². The number of thioether (sulfide) groups is 1. The van der Waals surface area contributed by atoms with Gasteiger partial charge in [0.2, 0.25) is 0 Å². The van der Waals surface area contributed by atoms with Gasteiger partial charge in [0, 0.05) is 18.4 Å². The van der Waals surface area contributed by atoms with Gasteiger partial charge in [-0.05, 0) is 36.7 Å². The van der Waals surface area contributed by atoms with Crippen LogP contribution in [0.5, 0.6) is 0 Å². The number of para-hydroxylation sites is 1. The quantitative estimate of drug-likeness (QED) is 0.654. The Balaban J connectivity index is 2.20. The van der Waals surface area contributed by atoms with Crippen molar-refractivity contribution in [2.45, 2.75) is 13.3 Å². The van der Waals surface area contributed by atoms with E-state index in [4.69, 9.17) is 11.5 Å². The Hall–Kier alpha value is -2.54. The predicted molar refractivity (Wildman–Crippen MR) is 97.3 cm³/mol. The maximum Gasteiger partial charge on any atom is 0.274 e. The molecule has 0 aromatic heterocycles. The molecule has 2 rings (SSSR count). The van der Waals surface area contributed by atoms with Crippen molar-refractivity contribution in [3.8, 4) is 0 Å². The average Bonchev–Trinajstić information content (AvgIpc) is 2.95. The molecule has 0 unspecified atom stereocenters. The summed E-state index contributed by atoms with van der Waals surface area (Å²) in [6, 6.07) is 8.06. The Morgan fingerprint density at radius 1 is 1.35 bits per heavy atom. The van der Waals surface area contributed by atoms with Crippen LogP contribution in [0.2, 0.25) is 0 Å². The molecule has 0 bridgehead atoms. The lowest BCUT2D eigenvalue weighted by Gasteiger charge is -2.18. The van der Waals surface area contributed by atoms with Gasteiger partial charge in [0.25, 0.3) is 5.91 Å². The van der Waals surface area contributed by atoms with Gasteiger partial charge in [0.05, 0.1) is 11.2 Å². The maximum absolute atomic E-state index is 11.5. The summed E-state index contributed by atoms with van der Waals surface area (Å²) < 4.78 is 0. The first-order valence-electron chi connectivity index (χ1n) is 7.04. The zero-order chi connectivity index (χ0) is 16.8. The van der Waals surface area contributed by atoms with Gasteiger partial charge in [-0.25, -0.2) is 4.99 Å². The summed E-state index contributed by atoms with van der Waals surface area (Å²) in [6.45, 7) is 6.03. The standard InChI is InChI=1S/C16H19N5OS/c1-3-19-11(2)23-16(15(18)22)20-10-14(17)21-9-8-12-6-4-5-7-13(12)21/h3-7,10H,1,8-9,17H2,2H3,(H2,18,22)/b14-10-,19-11?,20-16?. The van der Waals surface area contributed by atoms with Crippen molar-refractivity contribution < 1.29 is 4.79 Å². The molecular formula is C16H19N5OS. The molecule has 0 saturated heterocycles. The van der Waals surface area contributed by atoms with Gasteiger partial charge >= 0.3 is 0 Å². The topological polar surface area (TPSA) is 97.1 Å². The first-order valence-corrected chi connectivity index (χ1v) is 7.86. The zero-order valence-electron chi connectivity index (χ0n) is 12.9. The lowest BCUT2D eigenvalue weighted by atomic mass is 10.2. The van der Waals surface area contributed by atoms with Crippen LogP contribution in [0.25, 0.3) is 0 Å². The van der Waals surface area contributed by atoms with Gasteiger partial charge in [0.1, 0.15) is 5.82 Å². The van der Waals surface area contributed by atoms with Gasteiger partial charge in [0.15, 0.2) is 5.04 Å². The number of nitrogens with two attached hydrogens (primary N) is 2. The second-order valence-electron chi connectivity index (χ2n) is 4.82. The predicted octanol–water partition coefficient (Wildman–Crippen LogP) is 1.99. The summed E-state index contributed by atoms with van der Waals surface area (Å²) in [5, 5.41) is 0.750. The molecule has 0 spiro atoms. The van der Waals surface area contributed by atoms with E-state index in [0.717, 1.165) is 30.4 Å². The molecule has 1 aliphatic heterocycles. The zero-order valence-corrected chi connectivity index (χ0v) is 13.7. The van der Waals surface area contributed by atoms with Crippen molar-refractivity contribution in [1.29, 1.82) is 0 Å². The minimum absolute atomic E-state index is 0.128. The second kappa shape index (κ2) is 7.64. The highest BCUT2D eigenvalue weighted by atomic mass is 32.2. The van der Waals surface area contributed by atoms with Crippen molar-refractivity contribution in [2.75, 3.05) is 11.4 Å². The molecule has 1 aliphatic rings. The number of carbonyl (C=O) groups is 1. The fourth-order valence-corrected chi connectivity index (χ4v) is 2.85. The molecule has 23 heavy (non-hydrogen) atoms. The third kappa shape index (κ3) is 4.23. The van der Waals surface area contributed by atoms with Crippen LogP contribution in [0, 0.1) is 0 Å². The van der Waals surface area contributed by atoms with Crippen LogP contribution in [0.1, 0.15) is 12.5 Å². The smallest absolute Gasteiger partial charge is 0.274 e. The molecule has 1 amide bonds. The Bertz CT molecular complexity index is 708. The number of aliphatic imine (C=N–C) groups is 2. The normalized spacial score (nSPS) is 15.5. The van der Waals surface area contributed by atoms with Gasteiger partial charge in [-0.2, -0.15) is 0 Å². The Kier molecular flexibility index (Phi) is 5.59. The van der Waals surface area contributed by atoms with Crippen molar-refractivity contribution in [1.82, 2.24) is 0 Å². The van der Waals surface area contributed by atoms with Crippen LogP contribution in [-0.4, -0.2) is 22.5 Å². The number of hydrogen-bond acceptors (Lipinski definition) is 6. The summed E-state index contributed by atoms with van der Waals surface area (Å²) in [7, 11) is 0. The highest BCUT2D eigenvalue weighted by Gasteiger charge is 2.20. The van der Waals surface area contributed by atoms with E-state index in [1.54, 1.807) is 6.92 Å². The van der Waals surface area contributed by atoms with Crippen molar-refractivity contribution in [3.05, 3.63) is 54.6 Å². The van der Waals surface area contributed by atoms with E-state index in [1.807, 2.05) is 23.1 Å². The number of nitrogens with zero attached hydrogens (tertiary/aromatic N) is 3. The number of benzene rings is 1. The number of hydrogen-bond donors (Lipinski definition) is 2. The maximum atomic E-state index is 11.5. The molecular weight excluding hydrogens is 310 g/mol. The van der Waals surface area contributed by atoms with Crippen molar-refractivity contribution in [3.63, 3.8) is 0 Å². The molecule has 0 radical (unpaired) electrons. The number of fused-ring (bicyclic) bond motifs is 1. The molecule has 1 aromatic carbocycles. The number of anilines is 1. The van der Waals surface area contributed by atoms with Crippen molar-refractivity contribution in [2.24, 2.45) is 21.5 Å². The van der Waals surface area contributed by atoms with Crippen molar-refractivity contribution >= 4 is 33.4 Å². The number of carbonyl (C=O) groups excluding carboxylic acids is 1. The molecule has 120 valence electrons. The summed E-state index contributed by atoms with van der Waals surface area (Å²) in [5.74, 6) is -0.160. The van der Waals surface area contributed by atoms with Crippen LogP contribution >= 0.6 is 11.8 Å². The molecule has 0 aliphatic carbocycles. The molecule has 7 heteroatoms. The van der Waals surface area contributed by atoms with Crippen LogP contribution in [0.15, 0.2) is 59.1 Å². The number of rotatable bonds is 3. The summed E-state index contributed by atoms with van der Waals surface area (Å²) in [6.07, 6.45) is 3.78. The van der Waals surface area contributed by atoms with E-state index in [9.17, 15) is 4.79 Å². The van der Waals surface area contributed by atoms with E-state index in [2.05, 4.69) is 22.6 Å². The number of primary amides is 1. The largest absolute Gasteiger partial charge is 0.384 e.